The molecule has 0 amide bonds. The van der Waals surface area contributed by atoms with Crippen molar-refractivity contribution in [2.75, 3.05) is 20.8 Å². The van der Waals surface area contributed by atoms with Crippen molar-refractivity contribution in [2.45, 2.75) is 31.2 Å². The van der Waals surface area contributed by atoms with Gasteiger partial charge in [0.25, 0.3) is 0 Å². The van der Waals surface area contributed by atoms with Crippen LogP contribution in [0.4, 0.5) is 0 Å². The molecule has 7 nitrogen and oxygen atoms in total. The zero-order valence-electron chi connectivity index (χ0n) is 10.7. The fourth-order valence-corrected chi connectivity index (χ4v) is 2.00. The second kappa shape index (κ2) is 5.34. The van der Waals surface area contributed by atoms with Crippen molar-refractivity contribution in [3.05, 3.63) is 0 Å². The zero-order valence-corrected chi connectivity index (χ0v) is 10.7. The number of hydrogen-bond donors (Lipinski definition) is 1. The minimum absolute atomic E-state index is 0.161. The van der Waals surface area contributed by atoms with Gasteiger partial charge in [-0.25, -0.2) is 0 Å². The third kappa shape index (κ3) is 2.98. The molecule has 1 heterocycles. The van der Waals surface area contributed by atoms with Crippen LogP contribution in [0.1, 0.15) is 25.7 Å². The van der Waals surface area contributed by atoms with Gasteiger partial charge in [0.2, 0.25) is 0 Å². The first-order chi connectivity index (χ1) is 8.65. The Hall–Kier alpha value is -1.63. The first kappa shape index (κ1) is 12.8. The molecule has 1 aliphatic rings. The SMILES string of the molecule is COc1nc(OC)nc(OCC2(N)CCCC2)n1. The van der Waals surface area contributed by atoms with Crippen molar-refractivity contribution in [3.63, 3.8) is 0 Å². The second-order valence-electron chi connectivity index (χ2n) is 4.45. The topological polar surface area (TPSA) is 92.4 Å². The summed E-state index contributed by atoms with van der Waals surface area (Å²) >= 11 is 0. The van der Waals surface area contributed by atoms with E-state index in [1.165, 1.54) is 14.2 Å². The number of methoxy groups -OCH3 is 2. The van der Waals surface area contributed by atoms with Gasteiger partial charge in [0.05, 0.1) is 19.8 Å². The number of aromatic nitrogens is 3. The van der Waals surface area contributed by atoms with Gasteiger partial charge in [-0.1, -0.05) is 12.8 Å². The Morgan fingerprint density at radius 3 is 2.00 bits per heavy atom. The molecule has 7 heteroatoms. The first-order valence-corrected chi connectivity index (χ1v) is 5.91. The number of nitrogens with two attached hydrogens (primary N) is 1. The fourth-order valence-electron chi connectivity index (χ4n) is 2.00. The van der Waals surface area contributed by atoms with Crippen LogP contribution in [0.15, 0.2) is 0 Å². The molecule has 0 unspecified atom stereocenters. The molecule has 0 aliphatic heterocycles. The van der Waals surface area contributed by atoms with E-state index in [0.717, 1.165) is 25.7 Å². The maximum absolute atomic E-state index is 6.19. The van der Waals surface area contributed by atoms with Gasteiger partial charge in [0.15, 0.2) is 0 Å². The maximum atomic E-state index is 6.19. The zero-order chi connectivity index (χ0) is 13.0. The quantitative estimate of drug-likeness (QED) is 0.819. The molecule has 0 radical (unpaired) electrons. The number of nitrogens with zero attached hydrogens (tertiary/aromatic N) is 3. The normalized spacial score (nSPS) is 17.5. The lowest BCUT2D eigenvalue weighted by Gasteiger charge is -2.22. The Balaban J connectivity index is 2.04. The Kier molecular flexibility index (Phi) is 3.81. The molecule has 1 aromatic rings. The highest BCUT2D eigenvalue weighted by atomic mass is 16.5. The van der Waals surface area contributed by atoms with Crippen LogP contribution < -0.4 is 19.9 Å². The van der Waals surface area contributed by atoms with E-state index in [1.807, 2.05) is 0 Å². The molecule has 100 valence electrons. The van der Waals surface area contributed by atoms with E-state index < -0.39 is 0 Å². The molecule has 0 aromatic carbocycles. The lowest BCUT2D eigenvalue weighted by Crippen LogP contribution is -2.42. The molecule has 18 heavy (non-hydrogen) atoms. The Morgan fingerprint density at radius 1 is 1.00 bits per heavy atom. The van der Waals surface area contributed by atoms with E-state index in [-0.39, 0.29) is 23.6 Å². The highest BCUT2D eigenvalue weighted by molar-refractivity contribution is 5.09. The van der Waals surface area contributed by atoms with E-state index in [2.05, 4.69) is 15.0 Å². The van der Waals surface area contributed by atoms with Crippen LogP contribution in [0.2, 0.25) is 0 Å². The fraction of sp³-hybridized carbons (Fsp3) is 0.727. The van der Waals surface area contributed by atoms with E-state index in [4.69, 9.17) is 19.9 Å². The molecule has 1 aliphatic carbocycles. The molecule has 0 bridgehead atoms. The minimum Gasteiger partial charge on any atom is -0.467 e. The summed E-state index contributed by atoms with van der Waals surface area (Å²) in [5.41, 5.74) is 5.92. The van der Waals surface area contributed by atoms with Gasteiger partial charge >= 0.3 is 18.0 Å². The van der Waals surface area contributed by atoms with Gasteiger partial charge in [0, 0.05) is 0 Å². The van der Waals surface area contributed by atoms with Crippen molar-refractivity contribution in [2.24, 2.45) is 5.73 Å². The summed E-state index contributed by atoms with van der Waals surface area (Å²) in [6, 6.07) is 0.499. The molecule has 2 N–H and O–H groups in total. The van der Waals surface area contributed by atoms with Crippen LogP contribution in [-0.4, -0.2) is 41.3 Å². The summed E-state index contributed by atoms with van der Waals surface area (Å²) in [7, 11) is 2.94. The van der Waals surface area contributed by atoms with Crippen molar-refractivity contribution < 1.29 is 14.2 Å². The number of rotatable bonds is 5. The molecule has 1 saturated carbocycles. The van der Waals surface area contributed by atoms with Crippen LogP contribution in [0, 0.1) is 0 Å². The van der Waals surface area contributed by atoms with Gasteiger partial charge in [-0.15, -0.1) is 15.0 Å². The Labute approximate surface area is 106 Å². The average molecular weight is 254 g/mol. The van der Waals surface area contributed by atoms with Gasteiger partial charge in [0.1, 0.15) is 6.61 Å². The van der Waals surface area contributed by atoms with Gasteiger partial charge in [-0.3, -0.25) is 0 Å². The van der Waals surface area contributed by atoms with E-state index in [1.54, 1.807) is 0 Å². The predicted octanol–water partition coefficient (Wildman–Crippen LogP) is 0.539. The smallest absolute Gasteiger partial charge is 0.325 e. The van der Waals surface area contributed by atoms with Crippen molar-refractivity contribution in [1.82, 2.24) is 15.0 Å². The maximum Gasteiger partial charge on any atom is 0.325 e. The van der Waals surface area contributed by atoms with Gasteiger partial charge < -0.3 is 19.9 Å². The molecule has 1 fully saturated rings. The summed E-state index contributed by atoms with van der Waals surface area (Å²) in [5.74, 6) is 0. The summed E-state index contributed by atoms with van der Waals surface area (Å²) in [4.78, 5) is 11.9. The van der Waals surface area contributed by atoms with Crippen LogP contribution in [0.5, 0.6) is 18.0 Å². The highest BCUT2D eigenvalue weighted by Gasteiger charge is 2.30. The first-order valence-electron chi connectivity index (χ1n) is 5.91. The predicted molar refractivity (Wildman–Crippen MR) is 63.8 cm³/mol. The standard InChI is InChI=1S/C11H18N4O3/c1-16-8-13-9(17-2)15-10(14-8)18-7-11(12)5-3-4-6-11/h3-7,12H2,1-2H3. The lowest BCUT2D eigenvalue weighted by atomic mass is 10.0. The van der Waals surface area contributed by atoms with Crippen LogP contribution >= 0.6 is 0 Å². The number of hydrogen-bond acceptors (Lipinski definition) is 7. The minimum atomic E-state index is -0.271. The third-order valence-electron chi connectivity index (χ3n) is 3.03. The van der Waals surface area contributed by atoms with Gasteiger partial charge in [-0.05, 0) is 12.8 Å². The Morgan fingerprint density at radius 2 is 1.50 bits per heavy atom. The molecule has 0 spiro atoms. The molecular formula is C11H18N4O3. The summed E-state index contributed by atoms with van der Waals surface area (Å²) in [6.07, 6.45) is 4.21. The average Bonchev–Trinajstić information content (AvgIpc) is 2.83. The van der Waals surface area contributed by atoms with Gasteiger partial charge in [-0.2, -0.15) is 0 Å². The summed E-state index contributed by atoms with van der Waals surface area (Å²) in [5, 5.41) is 0. The van der Waals surface area contributed by atoms with Crippen LogP contribution in [0.3, 0.4) is 0 Å². The van der Waals surface area contributed by atoms with Crippen LogP contribution in [0.25, 0.3) is 0 Å². The van der Waals surface area contributed by atoms with E-state index >= 15 is 0 Å². The Bertz CT molecular complexity index is 385. The second-order valence-corrected chi connectivity index (χ2v) is 4.45. The van der Waals surface area contributed by atoms with Crippen molar-refractivity contribution in [3.8, 4) is 18.0 Å². The third-order valence-corrected chi connectivity index (χ3v) is 3.03. The van der Waals surface area contributed by atoms with E-state index in [9.17, 15) is 0 Å². The summed E-state index contributed by atoms with van der Waals surface area (Å²) in [6.45, 7) is 0.392. The van der Waals surface area contributed by atoms with E-state index in [0.29, 0.717) is 6.61 Å². The lowest BCUT2D eigenvalue weighted by molar-refractivity contribution is 0.198. The largest absolute Gasteiger partial charge is 0.467 e. The monoisotopic (exact) mass is 254 g/mol. The molecule has 0 atom stereocenters. The molecule has 2 rings (SSSR count). The summed E-state index contributed by atoms with van der Waals surface area (Å²) < 4.78 is 15.4. The highest BCUT2D eigenvalue weighted by Crippen LogP contribution is 2.27. The van der Waals surface area contributed by atoms with Crippen LogP contribution in [-0.2, 0) is 0 Å². The molecular weight excluding hydrogens is 236 g/mol. The van der Waals surface area contributed by atoms with Crippen molar-refractivity contribution >= 4 is 0 Å². The van der Waals surface area contributed by atoms with Crippen molar-refractivity contribution in [1.29, 1.82) is 0 Å². The molecule has 1 aromatic heterocycles. The number of ether oxygens (including phenoxy) is 3. The molecule has 0 saturated heterocycles.